The fraction of sp³-hybridized carbons (Fsp3) is 0. The van der Waals surface area contributed by atoms with E-state index in [9.17, 15) is 0 Å². The van der Waals surface area contributed by atoms with Crippen LogP contribution in [0.25, 0.3) is 11.3 Å². The van der Waals surface area contributed by atoms with Gasteiger partial charge in [0.2, 0.25) is 5.95 Å². The van der Waals surface area contributed by atoms with Crippen LogP contribution in [0, 0.1) is 0 Å². The predicted molar refractivity (Wildman–Crippen MR) is 54.2 cm³/mol. The van der Waals surface area contributed by atoms with E-state index in [1.807, 2.05) is 16.8 Å². The smallest absolute Gasteiger partial charge is 0.222 e. The van der Waals surface area contributed by atoms with E-state index in [1.165, 1.54) is 0 Å². The van der Waals surface area contributed by atoms with E-state index in [2.05, 4.69) is 9.97 Å². The Morgan fingerprint density at radius 1 is 1.23 bits per heavy atom. The van der Waals surface area contributed by atoms with E-state index in [0.717, 1.165) is 11.3 Å². The lowest BCUT2D eigenvalue weighted by atomic mass is 10.2. The van der Waals surface area contributed by atoms with E-state index >= 15 is 0 Å². The largest absolute Gasteiger partial charge is 0.384 e. The molecule has 0 amide bonds. The van der Waals surface area contributed by atoms with Crippen LogP contribution in [0.5, 0.6) is 0 Å². The summed E-state index contributed by atoms with van der Waals surface area (Å²) >= 11 is 1.60. The van der Waals surface area contributed by atoms with Crippen LogP contribution in [0.2, 0.25) is 0 Å². The first kappa shape index (κ1) is 8.00. The summed E-state index contributed by atoms with van der Waals surface area (Å²) in [4.78, 5) is 7.86. The van der Waals surface area contributed by atoms with Gasteiger partial charge in [0, 0.05) is 17.0 Å². The molecule has 66 valence electrons. The molecule has 2 aromatic heterocycles. The molecule has 0 fully saturated rings. The average Bonchev–Trinajstić information content (AvgIpc) is 2.53. The Morgan fingerprint density at radius 3 is 2.69 bits per heavy atom. The highest BCUT2D eigenvalue weighted by Gasteiger charge is 2.02. The number of nitrogens with two attached hydrogens (primary N) is 2. The Balaban J connectivity index is 2.53. The molecule has 0 radical (unpaired) electrons. The first-order valence-electron chi connectivity index (χ1n) is 3.68. The van der Waals surface area contributed by atoms with Gasteiger partial charge in [0.05, 0.1) is 5.69 Å². The molecule has 0 aliphatic heterocycles. The summed E-state index contributed by atoms with van der Waals surface area (Å²) in [6.07, 6.45) is 0. The number of thiophene rings is 1. The molecule has 0 saturated carbocycles. The fourth-order valence-electron chi connectivity index (χ4n) is 1.04. The maximum absolute atomic E-state index is 5.54. The summed E-state index contributed by atoms with van der Waals surface area (Å²) in [5, 5.41) is 3.96. The maximum atomic E-state index is 5.54. The Hall–Kier alpha value is -1.62. The number of hydrogen-bond acceptors (Lipinski definition) is 5. The Bertz CT molecular complexity index is 390. The number of hydrogen-bond donors (Lipinski definition) is 2. The van der Waals surface area contributed by atoms with Crippen LogP contribution in [-0.2, 0) is 0 Å². The molecule has 0 saturated heterocycles. The number of anilines is 2. The molecule has 2 rings (SSSR count). The van der Waals surface area contributed by atoms with E-state index in [0.29, 0.717) is 5.82 Å². The third-order valence-corrected chi connectivity index (χ3v) is 2.26. The van der Waals surface area contributed by atoms with E-state index in [-0.39, 0.29) is 5.95 Å². The van der Waals surface area contributed by atoms with E-state index < -0.39 is 0 Å². The first-order chi connectivity index (χ1) is 6.25. The second kappa shape index (κ2) is 3.02. The van der Waals surface area contributed by atoms with Crippen LogP contribution >= 0.6 is 11.3 Å². The molecule has 4 N–H and O–H groups in total. The second-order valence-electron chi connectivity index (χ2n) is 2.55. The van der Waals surface area contributed by atoms with Gasteiger partial charge in [-0.05, 0) is 11.4 Å². The van der Waals surface area contributed by atoms with Crippen molar-refractivity contribution in [2.24, 2.45) is 0 Å². The van der Waals surface area contributed by atoms with Gasteiger partial charge in [0.25, 0.3) is 0 Å². The lowest BCUT2D eigenvalue weighted by molar-refractivity contribution is 1.20. The predicted octanol–water partition coefficient (Wildman–Crippen LogP) is 1.37. The Kier molecular flexibility index (Phi) is 1.86. The zero-order chi connectivity index (χ0) is 9.26. The van der Waals surface area contributed by atoms with Gasteiger partial charge in [0.15, 0.2) is 0 Å². The maximum Gasteiger partial charge on any atom is 0.222 e. The minimum Gasteiger partial charge on any atom is -0.384 e. The van der Waals surface area contributed by atoms with Crippen molar-refractivity contribution in [3.05, 3.63) is 22.9 Å². The van der Waals surface area contributed by atoms with Crippen molar-refractivity contribution < 1.29 is 0 Å². The lowest BCUT2D eigenvalue weighted by Crippen LogP contribution is -1.99. The van der Waals surface area contributed by atoms with Crippen molar-refractivity contribution in [3.8, 4) is 11.3 Å². The van der Waals surface area contributed by atoms with Crippen molar-refractivity contribution in [1.29, 1.82) is 0 Å². The van der Waals surface area contributed by atoms with Crippen LogP contribution in [-0.4, -0.2) is 9.97 Å². The van der Waals surface area contributed by atoms with Gasteiger partial charge in [-0.1, -0.05) is 0 Å². The fourth-order valence-corrected chi connectivity index (χ4v) is 1.69. The molecule has 0 aliphatic rings. The molecular formula is C8H8N4S. The highest BCUT2D eigenvalue weighted by Crippen LogP contribution is 2.21. The number of aromatic nitrogens is 2. The molecule has 0 atom stereocenters. The summed E-state index contributed by atoms with van der Waals surface area (Å²) in [6, 6.07) is 3.67. The summed E-state index contributed by atoms with van der Waals surface area (Å²) in [6.45, 7) is 0. The third kappa shape index (κ3) is 1.59. The third-order valence-electron chi connectivity index (χ3n) is 1.58. The molecular weight excluding hydrogens is 184 g/mol. The SMILES string of the molecule is Nc1cc(-c2ccsc2)nc(N)n1. The first-order valence-corrected chi connectivity index (χ1v) is 4.62. The average molecular weight is 192 g/mol. The van der Waals surface area contributed by atoms with E-state index in [4.69, 9.17) is 11.5 Å². The zero-order valence-electron chi connectivity index (χ0n) is 6.77. The number of nitrogens with zero attached hydrogens (tertiary/aromatic N) is 2. The van der Waals surface area contributed by atoms with Crippen molar-refractivity contribution in [3.63, 3.8) is 0 Å². The molecule has 2 aromatic rings. The van der Waals surface area contributed by atoms with Crippen LogP contribution < -0.4 is 11.5 Å². The Labute approximate surface area is 79.2 Å². The van der Waals surface area contributed by atoms with Crippen LogP contribution in [0.1, 0.15) is 0 Å². The standard InChI is InChI=1S/C8H8N4S/c9-7-3-6(11-8(10)12-7)5-1-2-13-4-5/h1-4H,(H4,9,10,11,12). The molecule has 0 aromatic carbocycles. The summed E-state index contributed by atoms with van der Waals surface area (Å²) in [7, 11) is 0. The van der Waals surface area contributed by atoms with Crippen LogP contribution in [0.3, 0.4) is 0 Å². The highest BCUT2D eigenvalue weighted by molar-refractivity contribution is 7.08. The monoisotopic (exact) mass is 192 g/mol. The molecule has 0 spiro atoms. The summed E-state index contributed by atoms with van der Waals surface area (Å²) in [5.41, 5.74) is 12.8. The molecule has 5 heteroatoms. The Morgan fingerprint density at radius 2 is 2.08 bits per heavy atom. The topological polar surface area (TPSA) is 77.8 Å². The van der Waals surface area contributed by atoms with Crippen LogP contribution in [0.4, 0.5) is 11.8 Å². The molecule has 0 aliphatic carbocycles. The van der Waals surface area contributed by atoms with Crippen LogP contribution in [0.15, 0.2) is 22.9 Å². The minimum absolute atomic E-state index is 0.209. The molecule has 2 heterocycles. The number of nitrogen functional groups attached to an aromatic ring is 2. The van der Waals surface area contributed by atoms with Crippen molar-refractivity contribution in [2.45, 2.75) is 0 Å². The normalized spacial score (nSPS) is 10.2. The summed E-state index contributed by atoms with van der Waals surface area (Å²) in [5.74, 6) is 0.606. The highest BCUT2D eigenvalue weighted by atomic mass is 32.1. The quantitative estimate of drug-likeness (QED) is 0.715. The van der Waals surface area contributed by atoms with Crippen molar-refractivity contribution in [1.82, 2.24) is 9.97 Å². The van der Waals surface area contributed by atoms with Crippen molar-refractivity contribution in [2.75, 3.05) is 11.5 Å². The van der Waals surface area contributed by atoms with Crippen molar-refractivity contribution >= 4 is 23.1 Å². The number of rotatable bonds is 1. The van der Waals surface area contributed by atoms with Gasteiger partial charge in [-0.15, -0.1) is 0 Å². The van der Waals surface area contributed by atoms with Gasteiger partial charge in [-0.25, -0.2) is 4.98 Å². The summed E-state index contributed by atoms with van der Waals surface area (Å²) < 4.78 is 0. The second-order valence-corrected chi connectivity index (χ2v) is 3.33. The molecule has 0 unspecified atom stereocenters. The van der Waals surface area contributed by atoms with Gasteiger partial charge < -0.3 is 11.5 Å². The molecule has 0 bridgehead atoms. The lowest BCUT2D eigenvalue weighted by Gasteiger charge is -1.99. The van der Waals surface area contributed by atoms with Gasteiger partial charge in [-0.2, -0.15) is 16.3 Å². The minimum atomic E-state index is 0.209. The van der Waals surface area contributed by atoms with Gasteiger partial charge in [-0.3, -0.25) is 0 Å². The van der Waals surface area contributed by atoms with Gasteiger partial charge >= 0.3 is 0 Å². The molecule has 13 heavy (non-hydrogen) atoms. The van der Waals surface area contributed by atoms with E-state index in [1.54, 1.807) is 17.4 Å². The van der Waals surface area contributed by atoms with Gasteiger partial charge in [0.1, 0.15) is 5.82 Å². The molecule has 4 nitrogen and oxygen atoms in total. The zero-order valence-corrected chi connectivity index (χ0v) is 7.58.